The number of hydrogen-bond acceptors (Lipinski definition) is 7. The van der Waals surface area contributed by atoms with Crippen molar-refractivity contribution in [3.63, 3.8) is 0 Å². The SMILES string of the molecule is CN1C(=O)c2ccc(C(=O)OCC(=O)Nc3cc([N+](=O)[O-])ccc3Cl)cc2C1=O. The topological polar surface area (TPSA) is 136 Å². The molecule has 0 aromatic heterocycles. The van der Waals surface area contributed by atoms with Gasteiger partial charge in [0.15, 0.2) is 6.61 Å². The van der Waals surface area contributed by atoms with E-state index in [0.717, 1.165) is 11.0 Å². The lowest BCUT2D eigenvalue weighted by Gasteiger charge is -2.08. The minimum atomic E-state index is -0.886. The number of nitro groups is 1. The second-order valence-electron chi connectivity index (χ2n) is 5.98. The number of non-ortho nitro benzene ring substituents is 1. The number of fused-ring (bicyclic) bond motifs is 1. The van der Waals surface area contributed by atoms with Crippen molar-refractivity contribution < 1.29 is 28.8 Å². The van der Waals surface area contributed by atoms with Crippen LogP contribution < -0.4 is 5.32 Å². The van der Waals surface area contributed by atoms with Crippen molar-refractivity contribution in [2.75, 3.05) is 19.0 Å². The Balaban J connectivity index is 1.65. The van der Waals surface area contributed by atoms with Crippen LogP contribution >= 0.6 is 11.6 Å². The first kappa shape index (κ1) is 20.0. The summed E-state index contributed by atoms with van der Waals surface area (Å²) < 4.78 is 4.89. The standard InChI is InChI=1S/C18H12ClN3O7/c1-21-16(24)11-4-2-9(6-12(11)17(21)25)18(26)29-8-15(23)20-14-7-10(22(27)28)3-5-13(14)19/h2-7H,8H2,1H3,(H,20,23). The minimum Gasteiger partial charge on any atom is -0.452 e. The summed E-state index contributed by atoms with van der Waals surface area (Å²) in [5, 5.41) is 13.2. The molecule has 11 heteroatoms. The van der Waals surface area contributed by atoms with Gasteiger partial charge in [-0.1, -0.05) is 11.6 Å². The monoisotopic (exact) mass is 417 g/mol. The van der Waals surface area contributed by atoms with Gasteiger partial charge in [-0.3, -0.25) is 29.4 Å². The first-order chi connectivity index (χ1) is 13.7. The number of nitrogens with zero attached hydrogens (tertiary/aromatic N) is 2. The number of esters is 1. The van der Waals surface area contributed by atoms with E-state index < -0.39 is 35.2 Å². The molecule has 1 heterocycles. The van der Waals surface area contributed by atoms with Gasteiger partial charge in [0.2, 0.25) is 0 Å². The van der Waals surface area contributed by atoms with Crippen LogP contribution in [0.25, 0.3) is 0 Å². The highest BCUT2D eigenvalue weighted by Gasteiger charge is 2.33. The molecule has 1 aliphatic heterocycles. The zero-order valence-corrected chi connectivity index (χ0v) is 15.6. The van der Waals surface area contributed by atoms with Crippen LogP contribution in [0.15, 0.2) is 36.4 Å². The summed E-state index contributed by atoms with van der Waals surface area (Å²) in [6.45, 7) is -0.693. The number of ether oxygens (including phenoxy) is 1. The zero-order valence-electron chi connectivity index (χ0n) is 14.8. The van der Waals surface area contributed by atoms with Crippen molar-refractivity contribution >= 4 is 46.7 Å². The van der Waals surface area contributed by atoms with Crippen molar-refractivity contribution in [3.8, 4) is 0 Å². The van der Waals surface area contributed by atoms with Crippen molar-refractivity contribution in [1.29, 1.82) is 0 Å². The Labute approximate surface area is 168 Å². The number of anilines is 1. The summed E-state index contributed by atoms with van der Waals surface area (Å²) in [6.07, 6.45) is 0. The molecule has 0 unspecified atom stereocenters. The number of carbonyl (C=O) groups is 4. The van der Waals surface area contributed by atoms with Crippen LogP contribution in [-0.4, -0.2) is 47.2 Å². The molecule has 0 bridgehead atoms. The van der Waals surface area contributed by atoms with E-state index in [2.05, 4.69) is 5.32 Å². The van der Waals surface area contributed by atoms with E-state index in [1.807, 2.05) is 0 Å². The second-order valence-corrected chi connectivity index (χ2v) is 6.38. The number of hydrogen-bond donors (Lipinski definition) is 1. The minimum absolute atomic E-state index is 0.00778. The van der Waals surface area contributed by atoms with E-state index >= 15 is 0 Å². The van der Waals surface area contributed by atoms with Gasteiger partial charge in [0.1, 0.15) is 0 Å². The van der Waals surface area contributed by atoms with Crippen molar-refractivity contribution in [3.05, 3.63) is 68.2 Å². The normalized spacial score (nSPS) is 12.6. The molecule has 148 valence electrons. The van der Waals surface area contributed by atoms with E-state index in [1.165, 1.54) is 37.4 Å². The Morgan fingerprint density at radius 3 is 2.52 bits per heavy atom. The predicted molar refractivity (Wildman–Crippen MR) is 99.9 cm³/mol. The Morgan fingerprint density at radius 2 is 1.83 bits per heavy atom. The lowest BCUT2D eigenvalue weighted by Crippen LogP contribution is -2.24. The van der Waals surface area contributed by atoms with Gasteiger partial charge in [-0.05, 0) is 24.3 Å². The summed E-state index contributed by atoms with van der Waals surface area (Å²) in [5.74, 6) is -2.67. The fraction of sp³-hybridized carbons (Fsp3) is 0.111. The molecule has 3 rings (SSSR count). The molecule has 0 saturated carbocycles. The van der Waals surface area contributed by atoms with Crippen LogP contribution in [0, 0.1) is 10.1 Å². The van der Waals surface area contributed by atoms with Gasteiger partial charge in [0.25, 0.3) is 23.4 Å². The third-order valence-electron chi connectivity index (χ3n) is 4.09. The largest absolute Gasteiger partial charge is 0.452 e. The maximum Gasteiger partial charge on any atom is 0.338 e. The number of benzene rings is 2. The number of carbonyl (C=O) groups excluding carboxylic acids is 4. The van der Waals surface area contributed by atoms with Gasteiger partial charge in [-0.2, -0.15) is 0 Å². The lowest BCUT2D eigenvalue weighted by molar-refractivity contribution is -0.384. The number of nitro benzene ring substituents is 1. The fourth-order valence-electron chi connectivity index (χ4n) is 2.61. The number of rotatable bonds is 5. The average Bonchev–Trinajstić information content (AvgIpc) is 2.91. The van der Waals surface area contributed by atoms with Gasteiger partial charge < -0.3 is 10.1 Å². The molecular weight excluding hydrogens is 406 g/mol. The Kier molecular flexibility index (Phi) is 5.29. The zero-order chi connectivity index (χ0) is 21.3. The summed E-state index contributed by atoms with van der Waals surface area (Å²) in [6, 6.07) is 7.36. The van der Waals surface area contributed by atoms with Crippen molar-refractivity contribution in [2.24, 2.45) is 0 Å². The third-order valence-corrected chi connectivity index (χ3v) is 4.42. The first-order valence-electron chi connectivity index (χ1n) is 8.06. The molecule has 3 amide bonds. The van der Waals surface area contributed by atoms with Crippen LogP contribution in [0.1, 0.15) is 31.1 Å². The highest BCUT2D eigenvalue weighted by molar-refractivity contribution is 6.33. The molecule has 0 aliphatic carbocycles. The van der Waals surface area contributed by atoms with Gasteiger partial charge in [0.05, 0.1) is 32.3 Å². The van der Waals surface area contributed by atoms with Crippen LogP contribution in [0.4, 0.5) is 11.4 Å². The number of amides is 3. The molecule has 1 aliphatic rings. The Morgan fingerprint density at radius 1 is 1.14 bits per heavy atom. The van der Waals surface area contributed by atoms with Crippen LogP contribution in [-0.2, 0) is 9.53 Å². The quantitative estimate of drug-likeness (QED) is 0.341. The summed E-state index contributed by atoms with van der Waals surface area (Å²) in [4.78, 5) is 59.1. The number of imide groups is 1. The van der Waals surface area contributed by atoms with Crippen molar-refractivity contribution in [2.45, 2.75) is 0 Å². The Bertz CT molecular complexity index is 1080. The molecule has 2 aromatic rings. The molecule has 1 N–H and O–H groups in total. The Hall–Kier alpha value is -3.79. The van der Waals surface area contributed by atoms with E-state index in [1.54, 1.807) is 0 Å². The highest BCUT2D eigenvalue weighted by atomic mass is 35.5. The average molecular weight is 418 g/mol. The van der Waals surface area contributed by atoms with Crippen LogP contribution in [0.5, 0.6) is 0 Å². The van der Waals surface area contributed by atoms with E-state index in [-0.39, 0.29) is 33.1 Å². The smallest absolute Gasteiger partial charge is 0.338 e. The molecule has 0 atom stereocenters. The van der Waals surface area contributed by atoms with E-state index in [9.17, 15) is 29.3 Å². The maximum atomic E-state index is 12.2. The van der Waals surface area contributed by atoms with Gasteiger partial charge >= 0.3 is 5.97 Å². The predicted octanol–water partition coefficient (Wildman–Crippen LogP) is 2.27. The number of halogens is 1. The van der Waals surface area contributed by atoms with Crippen LogP contribution in [0.3, 0.4) is 0 Å². The van der Waals surface area contributed by atoms with Crippen LogP contribution in [0.2, 0.25) is 5.02 Å². The molecule has 0 spiro atoms. The fourth-order valence-corrected chi connectivity index (χ4v) is 2.78. The molecular formula is C18H12ClN3O7. The molecule has 0 saturated heterocycles. The highest BCUT2D eigenvalue weighted by Crippen LogP contribution is 2.27. The maximum absolute atomic E-state index is 12.2. The summed E-state index contributed by atoms with van der Waals surface area (Å²) in [5.41, 5.74) is -0.0520. The molecule has 0 radical (unpaired) electrons. The first-order valence-corrected chi connectivity index (χ1v) is 8.44. The van der Waals surface area contributed by atoms with Gasteiger partial charge in [0, 0.05) is 19.2 Å². The molecule has 2 aromatic carbocycles. The van der Waals surface area contributed by atoms with E-state index in [4.69, 9.17) is 16.3 Å². The second kappa shape index (κ2) is 7.68. The summed E-state index contributed by atoms with van der Waals surface area (Å²) in [7, 11) is 1.33. The third kappa shape index (κ3) is 3.92. The van der Waals surface area contributed by atoms with E-state index in [0.29, 0.717) is 0 Å². The number of nitrogens with one attached hydrogen (secondary N) is 1. The van der Waals surface area contributed by atoms with Gasteiger partial charge in [-0.15, -0.1) is 0 Å². The molecule has 0 fully saturated rings. The summed E-state index contributed by atoms with van der Waals surface area (Å²) >= 11 is 5.89. The molecule has 10 nitrogen and oxygen atoms in total. The van der Waals surface area contributed by atoms with Crippen molar-refractivity contribution in [1.82, 2.24) is 4.90 Å². The molecule has 29 heavy (non-hydrogen) atoms. The van der Waals surface area contributed by atoms with Gasteiger partial charge in [-0.25, -0.2) is 4.79 Å². The lowest BCUT2D eigenvalue weighted by atomic mass is 10.1.